The molecule has 10 heteroatoms. The van der Waals surface area contributed by atoms with Crippen LogP contribution >= 0.6 is 0 Å². The molecule has 10 nitrogen and oxygen atoms in total. The highest BCUT2D eigenvalue weighted by Crippen LogP contribution is 2.23. The molecule has 0 saturated heterocycles. The second-order valence-corrected chi connectivity index (χ2v) is 7.60. The number of carbonyl (C=O) groups is 4. The summed E-state index contributed by atoms with van der Waals surface area (Å²) in [6, 6.07) is 13.3. The molecule has 0 bridgehead atoms. The molecule has 0 aromatic heterocycles. The van der Waals surface area contributed by atoms with E-state index in [1.165, 1.54) is 24.3 Å². The number of ether oxygens (including phenoxy) is 4. The average molecular weight is 492 g/mol. The van der Waals surface area contributed by atoms with Gasteiger partial charge in [0.05, 0.1) is 37.8 Å². The van der Waals surface area contributed by atoms with E-state index >= 15 is 0 Å². The fourth-order valence-electron chi connectivity index (χ4n) is 3.45. The minimum Gasteiger partial charge on any atom is -0.491 e. The lowest BCUT2D eigenvalue weighted by molar-refractivity contribution is -0.121. The third kappa shape index (κ3) is 6.23. The lowest BCUT2D eigenvalue weighted by Crippen LogP contribution is -2.29. The van der Waals surface area contributed by atoms with Crippen LogP contribution < -0.4 is 19.3 Å². The van der Waals surface area contributed by atoms with Gasteiger partial charge < -0.3 is 18.9 Å². The second-order valence-electron chi connectivity index (χ2n) is 7.60. The molecule has 0 radical (unpaired) electrons. The van der Waals surface area contributed by atoms with E-state index in [9.17, 15) is 19.2 Å². The summed E-state index contributed by atoms with van der Waals surface area (Å²) in [7, 11) is 0. The molecule has 0 unspecified atom stereocenters. The van der Waals surface area contributed by atoms with Crippen LogP contribution in [-0.4, -0.2) is 63.3 Å². The fraction of sp³-hybridized carbons (Fsp3) is 0.231. The van der Waals surface area contributed by atoms with E-state index in [2.05, 4.69) is 0 Å². The first kappa shape index (κ1) is 24.8. The summed E-state index contributed by atoms with van der Waals surface area (Å²) in [5.41, 5.74) is 0.980. The molecule has 2 aliphatic rings. The predicted octanol–water partition coefficient (Wildman–Crippen LogP) is 2.04. The largest absolute Gasteiger partial charge is 0.491 e. The maximum Gasteiger partial charge on any atom is 0.258 e. The van der Waals surface area contributed by atoms with Crippen molar-refractivity contribution < 1.29 is 38.1 Å². The molecule has 2 aliphatic heterocycles. The molecule has 0 N–H and O–H groups in total. The molecule has 2 aromatic carbocycles. The van der Waals surface area contributed by atoms with Crippen molar-refractivity contribution in [2.75, 3.05) is 49.4 Å². The summed E-state index contributed by atoms with van der Waals surface area (Å²) in [4.78, 5) is 49.0. The molecule has 0 fully saturated rings. The van der Waals surface area contributed by atoms with E-state index in [4.69, 9.17) is 18.9 Å². The first-order valence-corrected chi connectivity index (χ1v) is 11.3. The van der Waals surface area contributed by atoms with Gasteiger partial charge in [0, 0.05) is 24.3 Å². The van der Waals surface area contributed by atoms with Gasteiger partial charge in [0.1, 0.15) is 24.7 Å². The van der Waals surface area contributed by atoms with Crippen LogP contribution in [0.25, 0.3) is 0 Å². The van der Waals surface area contributed by atoms with Crippen molar-refractivity contribution in [3.05, 3.63) is 72.8 Å². The van der Waals surface area contributed by atoms with Gasteiger partial charge in [0.25, 0.3) is 23.6 Å². The van der Waals surface area contributed by atoms with Crippen LogP contribution in [0.4, 0.5) is 11.4 Å². The summed E-state index contributed by atoms with van der Waals surface area (Å²) < 4.78 is 22.1. The minimum absolute atomic E-state index is 0.340. The zero-order valence-electron chi connectivity index (χ0n) is 19.3. The maximum atomic E-state index is 11.7. The van der Waals surface area contributed by atoms with Crippen LogP contribution in [0.2, 0.25) is 0 Å². The second kappa shape index (κ2) is 11.9. The van der Waals surface area contributed by atoms with Gasteiger partial charge in [-0.2, -0.15) is 0 Å². The molecule has 4 amide bonds. The van der Waals surface area contributed by atoms with Crippen LogP contribution in [0, 0.1) is 0 Å². The normalized spacial score (nSPS) is 14.9. The van der Waals surface area contributed by atoms with Gasteiger partial charge in [-0.1, -0.05) is 0 Å². The van der Waals surface area contributed by atoms with Crippen molar-refractivity contribution >= 4 is 35.0 Å². The molecule has 0 spiro atoms. The van der Waals surface area contributed by atoms with Crippen molar-refractivity contribution in [2.24, 2.45) is 0 Å². The molecular weight excluding hydrogens is 468 g/mol. The Morgan fingerprint density at radius 3 is 1.08 bits per heavy atom. The molecule has 0 atom stereocenters. The summed E-state index contributed by atoms with van der Waals surface area (Å²) in [5, 5.41) is 0. The van der Waals surface area contributed by atoms with Crippen LogP contribution in [0.1, 0.15) is 0 Å². The first-order chi connectivity index (χ1) is 17.5. The van der Waals surface area contributed by atoms with Gasteiger partial charge in [-0.05, 0) is 48.5 Å². The number of hydrogen-bond donors (Lipinski definition) is 0. The number of rotatable bonds is 13. The Morgan fingerprint density at radius 2 is 0.750 bits per heavy atom. The van der Waals surface area contributed by atoms with E-state index in [0.29, 0.717) is 62.5 Å². The van der Waals surface area contributed by atoms with Crippen molar-refractivity contribution in [1.82, 2.24) is 0 Å². The van der Waals surface area contributed by atoms with Gasteiger partial charge >= 0.3 is 0 Å². The van der Waals surface area contributed by atoms with Crippen LogP contribution in [0.5, 0.6) is 11.5 Å². The molecular formula is C26H24N2O8. The number of hydrogen-bond acceptors (Lipinski definition) is 8. The molecule has 0 saturated carbocycles. The van der Waals surface area contributed by atoms with E-state index in [1.807, 2.05) is 0 Å². The number of carbonyl (C=O) groups excluding carboxylic acids is 4. The van der Waals surface area contributed by atoms with Gasteiger partial charge in [0.2, 0.25) is 0 Å². The quantitative estimate of drug-likeness (QED) is 0.309. The van der Waals surface area contributed by atoms with Crippen LogP contribution in [0.15, 0.2) is 72.8 Å². The average Bonchev–Trinajstić information content (AvgIpc) is 3.40. The Hall–Kier alpha value is -4.28. The molecule has 2 aromatic rings. The van der Waals surface area contributed by atoms with E-state index in [0.717, 1.165) is 9.80 Å². The number of anilines is 2. The standard InChI is InChI=1S/C26H24N2O8/c29-23-9-10-24(30)27(23)19-1-5-21(6-2-19)35-17-15-33-13-14-34-16-18-36-22-7-3-20(4-8-22)28-25(31)11-12-26(28)32/h1-12H,13-18H2. The van der Waals surface area contributed by atoms with Crippen LogP contribution in [-0.2, 0) is 28.7 Å². The molecule has 36 heavy (non-hydrogen) atoms. The van der Waals surface area contributed by atoms with Crippen LogP contribution in [0.3, 0.4) is 0 Å². The van der Waals surface area contributed by atoms with E-state index in [1.54, 1.807) is 48.5 Å². The van der Waals surface area contributed by atoms with Gasteiger partial charge in [-0.25, -0.2) is 9.80 Å². The van der Waals surface area contributed by atoms with Gasteiger partial charge in [0.15, 0.2) is 0 Å². The SMILES string of the molecule is O=C1C=CC(=O)N1c1ccc(OCCOCCOCCOc2ccc(N3C(=O)C=CC3=O)cc2)cc1. The fourth-order valence-corrected chi connectivity index (χ4v) is 3.45. The monoisotopic (exact) mass is 492 g/mol. The summed E-state index contributed by atoms with van der Waals surface area (Å²) in [6.07, 6.45) is 4.95. The predicted molar refractivity (Wildman–Crippen MR) is 129 cm³/mol. The Morgan fingerprint density at radius 1 is 0.444 bits per heavy atom. The molecule has 2 heterocycles. The highest BCUT2D eigenvalue weighted by molar-refractivity contribution is 6.28. The molecule has 186 valence electrons. The Labute approximate surface area is 207 Å². The van der Waals surface area contributed by atoms with Gasteiger partial charge in [-0.15, -0.1) is 0 Å². The smallest absolute Gasteiger partial charge is 0.258 e. The Bertz CT molecular complexity index is 1040. The van der Waals surface area contributed by atoms with Crippen molar-refractivity contribution in [2.45, 2.75) is 0 Å². The third-order valence-corrected chi connectivity index (χ3v) is 5.17. The number of benzene rings is 2. The Balaban J connectivity index is 1.03. The third-order valence-electron chi connectivity index (χ3n) is 5.17. The number of amides is 4. The highest BCUT2D eigenvalue weighted by atomic mass is 16.6. The van der Waals surface area contributed by atoms with Gasteiger partial charge in [-0.3, -0.25) is 19.2 Å². The maximum absolute atomic E-state index is 11.7. The van der Waals surface area contributed by atoms with Crippen molar-refractivity contribution in [3.63, 3.8) is 0 Å². The molecule has 4 rings (SSSR count). The van der Waals surface area contributed by atoms with E-state index < -0.39 is 0 Å². The Kier molecular flexibility index (Phi) is 8.22. The number of imide groups is 2. The lowest BCUT2D eigenvalue weighted by atomic mass is 10.3. The highest BCUT2D eigenvalue weighted by Gasteiger charge is 2.25. The first-order valence-electron chi connectivity index (χ1n) is 11.3. The minimum atomic E-state index is -0.363. The summed E-state index contributed by atoms with van der Waals surface area (Å²) in [6.45, 7) is 2.22. The zero-order valence-corrected chi connectivity index (χ0v) is 19.3. The van der Waals surface area contributed by atoms with E-state index in [-0.39, 0.29) is 23.6 Å². The van der Waals surface area contributed by atoms with Crippen molar-refractivity contribution in [3.8, 4) is 11.5 Å². The molecule has 0 aliphatic carbocycles. The number of nitrogens with zero attached hydrogens (tertiary/aromatic N) is 2. The van der Waals surface area contributed by atoms with Crippen molar-refractivity contribution in [1.29, 1.82) is 0 Å². The summed E-state index contributed by atoms with van der Waals surface area (Å²) in [5.74, 6) is -0.247. The topological polar surface area (TPSA) is 112 Å². The lowest BCUT2D eigenvalue weighted by Gasteiger charge is -2.14. The zero-order chi connectivity index (χ0) is 25.3. The summed E-state index contributed by atoms with van der Waals surface area (Å²) >= 11 is 0.